The van der Waals surface area contributed by atoms with E-state index in [0.717, 1.165) is 12.8 Å². The summed E-state index contributed by atoms with van der Waals surface area (Å²) in [7, 11) is 1.37. The van der Waals surface area contributed by atoms with Crippen molar-refractivity contribution < 1.29 is 28.9 Å². The molecule has 0 radical (unpaired) electrons. The molecule has 2 N–H and O–H groups in total. The maximum absolute atomic E-state index is 13.0. The van der Waals surface area contributed by atoms with Gasteiger partial charge in [-0.25, -0.2) is 9.78 Å². The second-order valence-corrected chi connectivity index (χ2v) is 8.80. The first kappa shape index (κ1) is 27.5. The Morgan fingerprint density at radius 3 is 2.27 bits per heavy atom. The first-order valence-corrected chi connectivity index (χ1v) is 12.3. The number of rotatable bonds is 12. The Kier molecular flexibility index (Phi) is 9.89. The van der Waals surface area contributed by atoms with E-state index >= 15 is 0 Å². The highest BCUT2D eigenvalue weighted by atomic mass is 16.6. The molecule has 0 aliphatic rings. The Morgan fingerprint density at radius 1 is 1.00 bits per heavy atom. The predicted molar refractivity (Wildman–Crippen MR) is 140 cm³/mol. The van der Waals surface area contributed by atoms with Gasteiger partial charge in [-0.3, -0.25) is 4.79 Å². The van der Waals surface area contributed by atoms with E-state index in [0.29, 0.717) is 5.75 Å². The summed E-state index contributed by atoms with van der Waals surface area (Å²) >= 11 is 0. The summed E-state index contributed by atoms with van der Waals surface area (Å²) < 4.78 is 17.2. The molecule has 1 heterocycles. The lowest BCUT2D eigenvalue weighted by molar-refractivity contribution is -0.156. The van der Waals surface area contributed by atoms with Gasteiger partial charge < -0.3 is 24.6 Å². The highest BCUT2D eigenvalue weighted by molar-refractivity contribution is 5.97. The number of ether oxygens (including phenoxy) is 3. The van der Waals surface area contributed by atoms with E-state index < -0.39 is 35.9 Å². The number of esters is 1. The van der Waals surface area contributed by atoms with Gasteiger partial charge in [-0.2, -0.15) is 0 Å². The fraction of sp³-hybridized carbons (Fsp3) is 0.345. The predicted octanol–water partition coefficient (Wildman–Crippen LogP) is 4.56. The van der Waals surface area contributed by atoms with E-state index in [1.54, 1.807) is 6.92 Å². The standard InChI is InChI=1S/C29H34N2O6/c1-5-22(18-21-12-8-6-9-13-21)27(37-23-14-10-7-11-15-23)20(3)36-29(34)19(2)31-28(33)25-26(32)24(35-4)16-17-30-25/h6-17,19-20,22,27,32H,5,18H2,1-4H3,(H,31,33)/t19-,20-,22+,27-/m0/s1. The number of carbonyl (C=O) groups is 2. The number of aromatic hydroxyl groups is 1. The molecule has 0 saturated heterocycles. The van der Waals surface area contributed by atoms with Crippen LogP contribution in [0.15, 0.2) is 72.9 Å². The zero-order valence-electron chi connectivity index (χ0n) is 21.6. The Hall–Kier alpha value is -4.07. The third-order valence-electron chi connectivity index (χ3n) is 6.13. The molecule has 0 aliphatic heterocycles. The number of methoxy groups -OCH3 is 1. The van der Waals surface area contributed by atoms with Crippen molar-refractivity contribution in [1.29, 1.82) is 0 Å². The monoisotopic (exact) mass is 506 g/mol. The van der Waals surface area contributed by atoms with Crippen molar-refractivity contribution in [3.05, 3.63) is 84.2 Å². The van der Waals surface area contributed by atoms with Gasteiger partial charge in [0.2, 0.25) is 0 Å². The first-order valence-electron chi connectivity index (χ1n) is 12.3. The number of amides is 1. The van der Waals surface area contributed by atoms with Gasteiger partial charge in [0.25, 0.3) is 5.91 Å². The fourth-order valence-corrected chi connectivity index (χ4v) is 4.08. The molecule has 0 bridgehead atoms. The number of aromatic nitrogens is 1. The van der Waals surface area contributed by atoms with Crippen LogP contribution in [0.1, 0.15) is 43.2 Å². The molecule has 3 rings (SSSR count). The van der Waals surface area contributed by atoms with Gasteiger partial charge in [-0.1, -0.05) is 55.5 Å². The van der Waals surface area contributed by atoms with Crippen LogP contribution in [0, 0.1) is 5.92 Å². The lowest BCUT2D eigenvalue weighted by Gasteiger charge is -2.32. The zero-order valence-corrected chi connectivity index (χ0v) is 21.6. The summed E-state index contributed by atoms with van der Waals surface area (Å²) in [6, 6.07) is 20.0. The summed E-state index contributed by atoms with van der Waals surface area (Å²) in [5, 5.41) is 12.7. The van der Waals surface area contributed by atoms with Crippen LogP contribution < -0.4 is 14.8 Å². The quantitative estimate of drug-likeness (QED) is 0.347. The molecule has 8 nitrogen and oxygen atoms in total. The van der Waals surface area contributed by atoms with Crippen molar-refractivity contribution in [2.24, 2.45) is 5.92 Å². The molecule has 2 aromatic carbocycles. The highest BCUT2D eigenvalue weighted by Crippen LogP contribution is 2.28. The summed E-state index contributed by atoms with van der Waals surface area (Å²) in [6.07, 6.45) is 1.86. The Bertz CT molecular complexity index is 1160. The minimum atomic E-state index is -0.992. The number of hydrogen-bond donors (Lipinski definition) is 2. The van der Waals surface area contributed by atoms with Crippen LogP contribution in [-0.4, -0.2) is 47.3 Å². The van der Waals surface area contributed by atoms with Crippen LogP contribution in [0.3, 0.4) is 0 Å². The average Bonchev–Trinajstić information content (AvgIpc) is 2.91. The number of nitrogens with zero attached hydrogens (tertiary/aromatic N) is 1. The molecule has 3 aromatic rings. The lowest BCUT2D eigenvalue weighted by atomic mass is 9.89. The molecular formula is C29H34N2O6. The molecule has 0 aliphatic carbocycles. The number of nitrogens with one attached hydrogen (secondary N) is 1. The van der Waals surface area contributed by atoms with Crippen molar-refractivity contribution in [2.45, 2.75) is 51.9 Å². The molecule has 8 heteroatoms. The van der Waals surface area contributed by atoms with E-state index in [-0.39, 0.29) is 17.4 Å². The summed E-state index contributed by atoms with van der Waals surface area (Å²) in [5.74, 6) is -0.898. The number of para-hydroxylation sites is 1. The van der Waals surface area contributed by atoms with Gasteiger partial charge in [0.15, 0.2) is 17.2 Å². The Balaban J connectivity index is 1.72. The molecule has 0 unspecified atom stereocenters. The van der Waals surface area contributed by atoms with E-state index in [9.17, 15) is 14.7 Å². The maximum atomic E-state index is 13.0. The van der Waals surface area contributed by atoms with Crippen molar-refractivity contribution >= 4 is 11.9 Å². The van der Waals surface area contributed by atoms with E-state index in [4.69, 9.17) is 14.2 Å². The van der Waals surface area contributed by atoms with Gasteiger partial charge in [0.1, 0.15) is 24.0 Å². The minimum Gasteiger partial charge on any atom is -0.503 e. The minimum absolute atomic E-state index is 0.0632. The molecule has 1 amide bonds. The average molecular weight is 507 g/mol. The highest BCUT2D eigenvalue weighted by Gasteiger charge is 2.32. The topological polar surface area (TPSA) is 107 Å². The smallest absolute Gasteiger partial charge is 0.328 e. The largest absolute Gasteiger partial charge is 0.503 e. The summed E-state index contributed by atoms with van der Waals surface area (Å²) in [6.45, 7) is 5.39. The summed E-state index contributed by atoms with van der Waals surface area (Å²) in [4.78, 5) is 29.5. The Morgan fingerprint density at radius 2 is 1.65 bits per heavy atom. The van der Waals surface area contributed by atoms with Crippen molar-refractivity contribution in [3.8, 4) is 17.2 Å². The summed E-state index contributed by atoms with van der Waals surface area (Å²) in [5.41, 5.74) is 0.923. The van der Waals surface area contributed by atoms with Gasteiger partial charge in [-0.15, -0.1) is 0 Å². The molecule has 0 spiro atoms. The lowest BCUT2D eigenvalue weighted by Crippen LogP contribution is -2.45. The third kappa shape index (κ3) is 7.46. The Labute approximate surface area is 217 Å². The van der Waals surface area contributed by atoms with Gasteiger partial charge in [-0.05, 0) is 44.4 Å². The van der Waals surface area contributed by atoms with Gasteiger partial charge in [0.05, 0.1) is 7.11 Å². The molecule has 37 heavy (non-hydrogen) atoms. The molecule has 196 valence electrons. The van der Waals surface area contributed by atoms with Crippen LogP contribution >= 0.6 is 0 Å². The van der Waals surface area contributed by atoms with Crippen LogP contribution in [0.4, 0.5) is 0 Å². The molecule has 0 saturated carbocycles. The second-order valence-electron chi connectivity index (χ2n) is 8.80. The maximum Gasteiger partial charge on any atom is 0.328 e. The van der Waals surface area contributed by atoms with E-state index in [1.807, 2.05) is 48.5 Å². The van der Waals surface area contributed by atoms with Crippen molar-refractivity contribution in [2.75, 3.05) is 7.11 Å². The normalized spacial score (nSPS) is 14.1. The van der Waals surface area contributed by atoms with Crippen LogP contribution in [-0.2, 0) is 16.0 Å². The molecule has 1 aromatic heterocycles. The van der Waals surface area contributed by atoms with Crippen LogP contribution in [0.25, 0.3) is 0 Å². The van der Waals surface area contributed by atoms with Crippen LogP contribution in [0.2, 0.25) is 0 Å². The second kappa shape index (κ2) is 13.3. The van der Waals surface area contributed by atoms with Gasteiger partial charge >= 0.3 is 5.97 Å². The fourth-order valence-electron chi connectivity index (χ4n) is 4.08. The zero-order chi connectivity index (χ0) is 26.8. The SMILES string of the molecule is CC[C@H](Cc1ccccc1)[C@@H](Oc1ccccc1)[C@H](C)OC(=O)[C@H](C)NC(=O)c1nccc(OC)c1O. The molecular weight excluding hydrogens is 472 g/mol. The number of pyridine rings is 1. The van der Waals surface area contributed by atoms with E-state index in [2.05, 4.69) is 29.4 Å². The number of hydrogen-bond acceptors (Lipinski definition) is 7. The first-order chi connectivity index (χ1) is 17.8. The number of carbonyl (C=O) groups excluding carboxylic acids is 2. The third-order valence-corrected chi connectivity index (χ3v) is 6.13. The van der Waals surface area contributed by atoms with Crippen LogP contribution in [0.5, 0.6) is 17.2 Å². The molecule has 0 fully saturated rings. The number of benzene rings is 2. The van der Waals surface area contributed by atoms with E-state index in [1.165, 1.54) is 31.9 Å². The van der Waals surface area contributed by atoms with Crippen molar-refractivity contribution in [3.63, 3.8) is 0 Å². The molecule has 4 atom stereocenters. The van der Waals surface area contributed by atoms with Crippen molar-refractivity contribution in [1.82, 2.24) is 10.3 Å². The van der Waals surface area contributed by atoms with Gasteiger partial charge in [0, 0.05) is 18.2 Å².